The van der Waals surface area contributed by atoms with Crippen LogP contribution >= 0.6 is 0 Å². The summed E-state index contributed by atoms with van der Waals surface area (Å²) in [6.45, 7) is 1.48. The predicted octanol–water partition coefficient (Wildman–Crippen LogP) is -0.697. The third-order valence-corrected chi connectivity index (χ3v) is 5.03. The topological polar surface area (TPSA) is 104 Å². The smallest absolute Gasteiger partial charge is 0.243 e. The number of sulfonamides is 1. The van der Waals surface area contributed by atoms with Crippen molar-refractivity contribution in [1.82, 2.24) is 4.31 Å². The number of nitrogen functional groups attached to an aromatic ring is 1. The Morgan fingerprint density at radius 3 is 2.39 bits per heavy atom. The van der Waals surface area contributed by atoms with Gasteiger partial charge < -0.3 is 15.9 Å². The molecule has 0 aliphatic carbocycles. The second-order valence-corrected chi connectivity index (χ2v) is 6.39. The summed E-state index contributed by atoms with van der Waals surface area (Å²) in [6.07, 6.45) is -2.08. The van der Waals surface area contributed by atoms with Gasteiger partial charge in [-0.1, -0.05) is 6.07 Å². The van der Waals surface area contributed by atoms with E-state index in [0.717, 1.165) is 4.31 Å². The second-order valence-electron chi connectivity index (χ2n) is 4.48. The quantitative estimate of drug-likeness (QED) is 0.618. The van der Waals surface area contributed by atoms with E-state index in [1.54, 1.807) is 19.1 Å². The molecule has 18 heavy (non-hydrogen) atoms. The molecule has 1 saturated heterocycles. The van der Waals surface area contributed by atoms with Gasteiger partial charge in [-0.3, -0.25) is 0 Å². The highest BCUT2D eigenvalue weighted by Gasteiger charge is 2.38. The Labute approximate surface area is 106 Å². The summed E-state index contributed by atoms with van der Waals surface area (Å²) in [5.74, 6) is 0. The molecule has 1 fully saturated rings. The standard InChI is InChI=1S/C11H16N2O4S/c1-7-2-3-8(12)4-11(7)18(16,17)13-5-9(14)10(15)6-13/h2-4,9-10,14-15H,5-6,12H2,1H3. The molecule has 6 nitrogen and oxygen atoms in total. The van der Waals surface area contributed by atoms with Gasteiger partial charge in [0.2, 0.25) is 10.0 Å². The fourth-order valence-corrected chi connectivity index (χ4v) is 3.70. The Bertz CT molecular complexity index is 548. The summed E-state index contributed by atoms with van der Waals surface area (Å²) in [7, 11) is -3.72. The first-order valence-electron chi connectivity index (χ1n) is 5.55. The van der Waals surface area contributed by atoms with Crippen molar-refractivity contribution in [3.63, 3.8) is 0 Å². The average molecular weight is 272 g/mol. The molecule has 4 N–H and O–H groups in total. The number of aryl methyl sites for hydroxylation is 1. The van der Waals surface area contributed by atoms with Crippen LogP contribution in [0.1, 0.15) is 5.56 Å². The minimum absolute atomic E-state index is 0.0995. The van der Waals surface area contributed by atoms with E-state index in [0.29, 0.717) is 11.3 Å². The molecule has 0 bridgehead atoms. The molecule has 0 radical (unpaired) electrons. The average Bonchev–Trinajstić information content (AvgIpc) is 2.63. The Hall–Kier alpha value is -1.15. The Kier molecular flexibility index (Phi) is 3.33. The summed E-state index contributed by atoms with van der Waals surface area (Å²) in [4.78, 5) is 0.115. The van der Waals surface area contributed by atoms with E-state index in [2.05, 4.69) is 0 Å². The van der Waals surface area contributed by atoms with E-state index in [1.807, 2.05) is 0 Å². The largest absolute Gasteiger partial charge is 0.399 e. The fourth-order valence-electron chi connectivity index (χ4n) is 1.97. The zero-order valence-corrected chi connectivity index (χ0v) is 10.8. The van der Waals surface area contributed by atoms with Crippen molar-refractivity contribution in [3.8, 4) is 0 Å². The Morgan fingerprint density at radius 1 is 1.28 bits per heavy atom. The molecule has 1 aliphatic rings. The number of hydrogen-bond donors (Lipinski definition) is 3. The van der Waals surface area contributed by atoms with E-state index < -0.39 is 22.2 Å². The molecule has 0 aromatic heterocycles. The van der Waals surface area contributed by atoms with Crippen LogP contribution in [0.4, 0.5) is 5.69 Å². The lowest BCUT2D eigenvalue weighted by Gasteiger charge is -2.17. The number of aliphatic hydroxyl groups is 2. The molecule has 1 aromatic rings. The number of benzene rings is 1. The fraction of sp³-hybridized carbons (Fsp3) is 0.455. The van der Waals surface area contributed by atoms with Crippen molar-refractivity contribution in [1.29, 1.82) is 0 Å². The van der Waals surface area contributed by atoms with Crippen LogP contribution in [0.5, 0.6) is 0 Å². The normalized spacial score (nSPS) is 25.5. The third-order valence-electron chi connectivity index (χ3n) is 3.06. The van der Waals surface area contributed by atoms with Crippen molar-refractivity contribution < 1.29 is 18.6 Å². The molecule has 2 atom stereocenters. The minimum Gasteiger partial charge on any atom is -0.399 e. The van der Waals surface area contributed by atoms with Gasteiger partial charge in [0.05, 0.1) is 17.1 Å². The number of rotatable bonds is 2. The molecule has 2 rings (SSSR count). The molecular formula is C11H16N2O4S. The van der Waals surface area contributed by atoms with E-state index in [9.17, 15) is 18.6 Å². The van der Waals surface area contributed by atoms with Gasteiger partial charge in [0.25, 0.3) is 0 Å². The van der Waals surface area contributed by atoms with Crippen molar-refractivity contribution >= 4 is 15.7 Å². The summed E-state index contributed by atoms with van der Waals surface area (Å²) in [5, 5.41) is 18.8. The zero-order chi connectivity index (χ0) is 13.5. The SMILES string of the molecule is Cc1ccc(N)cc1S(=O)(=O)N1CC(O)C(O)C1. The number of β-amino-alcohol motifs (C(OH)–C–C–N with tert-alkyl or cyclic N) is 2. The highest BCUT2D eigenvalue weighted by atomic mass is 32.2. The lowest BCUT2D eigenvalue weighted by Crippen LogP contribution is -2.30. The highest BCUT2D eigenvalue weighted by molar-refractivity contribution is 7.89. The summed E-state index contributed by atoms with van der Waals surface area (Å²) < 4.78 is 25.8. The lowest BCUT2D eigenvalue weighted by atomic mass is 10.2. The molecule has 0 amide bonds. The van der Waals surface area contributed by atoms with E-state index in [1.165, 1.54) is 6.07 Å². The molecule has 2 unspecified atom stereocenters. The monoisotopic (exact) mass is 272 g/mol. The Balaban J connectivity index is 2.40. The van der Waals surface area contributed by atoms with Gasteiger partial charge in [0.15, 0.2) is 0 Å². The number of nitrogens with two attached hydrogens (primary N) is 1. The van der Waals surface area contributed by atoms with E-state index in [-0.39, 0.29) is 18.0 Å². The van der Waals surface area contributed by atoms with Crippen molar-refractivity contribution in [2.24, 2.45) is 0 Å². The maximum atomic E-state index is 12.3. The van der Waals surface area contributed by atoms with Crippen LogP contribution in [0, 0.1) is 6.92 Å². The van der Waals surface area contributed by atoms with Crippen LogP contribution in [-0.4, -0.2) is 48.2 Å². The van der Waals surface area contributed by atoms with Crippen molar-refractivity contribution in [2.45, 2.75) is 24.0 Å². The van der Waals surface area contributed by atoms with E-state index in [4.69, 9.17) is 5.73 Å². The van der Waals surface area contributed by atoms with Crippen molar-refractivity contribution in [3.05, 3.63) is 23.8 Å². The summed E-state index contributed by atoms with van der Waals surface area (Å²) in [6, 6.07) is 4.65. The minimum atomic E-state index is -3.72. The van der Waals surface area contributed by atoms with Crippen LogP contribution in [0.3, 0.4) is 0 Å². The molecule has 1 heterocycles. The number of hydrogen-bond acceptors (Lipinski definition) is 5. The van der Waals surface area contributed by atoms with Crippen LogP contribution in [0.15, 0.2) is 23.1 Å². The maximum Gasteiger partial charge on any atom is 0.243 e. The molecule has 0 saturated carbocycles. The van der Waals surface area contributed by atoms with E-state index >= 15 is 0 Å². The van der Waals surface area contributed by atoms with Crippen LogP contribution in [-0.2, 0) is 10.0 Å². The first kappa shape index (κ1) is 13.3. The number of nitrogens with zero attached hydrogens (tertiary/aromatic N) is 1. The molecule has 1 aromatic carbocycles. The van der Waals surface area contributed by atoms with Crippen LogP contribution in [0.25, 0.3) is 0 Å². The van der Waals surface area contributed by atoms with Gasteiger partial charge in [0, 0.05) is 18.8 Å². The third kappa shape index (κ3) is 2.22. The van der Waals surface area contributed by atoms with Gasteiger partial charge in [0.1, 0.15) is 0 Å². The molecule has 100 valence electrons. The van der Waals surface area contributed by atoms with Crippen LogP contribution in [0.2, 0.25) is 0 Å². The van der Waals surface area contributed by atoms with Gasteiger partial charge >= 0.3 is 0 Å². The number of anilines is 1. The maximum absolute atomic E-state index is 12.3. The molecule has 0 spiro atoms. The molecule has 1 aliphatic heterocycles. The second kappa shape index (κ2) is 4.51. The molecule has 7 heteroatoms. The highest BCUT2D eigenvalue weighted by Crippen LogP contribution is 2.25. The predicted molar refractivity (Wildman–Crippen MR) is 66.4 cm³/mol. The first-order chi connectivity index (χ1) is 8.32. The Morgan fingerprint density at radius 2 is 1.83 bits per heavy atom. The zero-order valence-electron chi connectivity index (χ0n) is 9.94. The van der Waals surface area contributed by atoms with Crippen LogP contribution < -0.4 is 5.73 Å². The molecular weight excluding hydrogens is 256 g/mol. The summed E-state index contributed by atoms with van der Waals surface area (Å²) >= 11 is 0. The lowest BCUT2D eigenvalue weighted by molar-refractivity contribution is 0.0572. The van der Waals surface area contributed by atoms with Crippen molar-refractivity contribution in [2.75, 3.05) is 18.8 Å². The number of aliphatic hydroxyl groups excluding tert-OH is 2. The first-order valence-corrected chi connectivity index (χ1v) is 6.99. The van der Waals surface area contributed by atoms with Gasteiger partial charge in [-0.15, -0.1) is 0 Å². The van der Waals surface area contributed by atoms with Gasteiger partial charge in [-0.25, -0.2) is 8.42 Å². The van der Waals surface area contributed by atoms with Gasteiger partial charge in [-0.2, -0.15) is 4.31 Å². The van der Waals surface area contributed by atoms with Gasteiger partial charge in [-0.05, 0) is 24.6 Å². The summed E-state index contributed by atoms with van der Waals surface area (Å²) in [5.41, 5.74) is 6.54.